The number of amides is 1. The molecular formula is C52H80Br2N10O8. The fourth-order valence-electron chi connectivity index (χ4n) is 7.64. The minimum Gasteiger partial charge on any atom is -0.444 e. The highest BCUT2D eigenvalue weighted by Crippen LogP contribution is 2.36. The highest BCUT2D eigenvalue weighted by Gasteiger charge is 2.35. The smallest absolute Gasteiger partial charge is 0.413 e. The lowest BCUT2D eigenvalue weighted by molar-refractivity contribution is -0.124. The Morgan fingerprint density at radius 1 is 0.667 bits per heavy atom. The Kier molecular flexibility index (Phi) is 26.2. The number of pyridine rings is 4. The van der Waals surface area contributed by atoms with Crippen LogP contribution in [0, 0.1) is 13.8 Å². The summed E-state index contributed by atoms with van der Waals surface area (Å²) in [4.78, 5) is 45.3. The lowest BCUT2D eigenvalue weighted by Gasteiger charge is -2.34. The van der Waals surface area contributed by atoms with Crippen molar-refractivity contribution in [1.82, 2.24) is 34.6 Å². The number of ether oxygens (including phenoxy) is 4. The van der Waals surface area contributed by atoms with Gasteiger partial charge in [-0.15, -0.1) is 0 Å². The molecule has 0 atom stereocenters. The van der Waals surface area contributed by atoms with Crippen molar-refractivity contribution in [2.75, 3.05) is 93.0 Å². The molecule has 4 aromatic rings. The molecule has 3 saturated heterocycles. The third-order valence-electron chi connectivity index (χ3n) is 11.1. The van der Waals surface area contributed by atoms with Gasteiger partial charge in [0.1, 0.15) is 23.0 Å². The Morgan fingerprint density at radius 3 is 1.50 bits per heavy atom. The van der Waals surface area contributed by atoms with Gasteiger partial charge < -0.3 is 55.3 Å². The number of halogens is 2. The van der Waals surface area contributed by atoms with Crippen LogP contribution < -0.4 is 16.8 Å². The molecule has 7 heterocycles. The number of nitrogens with zero attached hydrogens (tertiary/aromatic N) is 7. The molecule has 7 N–H and O–H groups in total. The molecule has 4 aromatic heterocycles. The SMILES string of the molecule is CN(C)Cc1cc(N)ncc1C1(O)CCOCC1.CN(C)Cc1cc(NC(=O)OC(C)(C)C)ncc1C1(O)CCOCC1.Cc1cc(CN(C)C)c(Br)cn1.Cc1cc(CN)c(Br)cn1.O=C1CCOCC1. The van der Waals surface area contributed by atoms with Crippen molar-refractivity contribution in [2.24, 2.45) is 5.73 Å². The van der Waals surface area contributed by atoms with Crippen molar-refractivity contribution in [2.45, 2.75) is 116 Å². The molecule has 400 valence electrons. The van der Waals surface area contributed by atoms with E-state index in [4.69, 9.17) is 30.4 Å². The second-order valence-electron chi connectivity index (χ2n) is 19.8. The number of anilines is 2. The Labute approximate surface area is 444 Å². The van der Waals surface area contributed by atoms with E-state index in [1.165, 1.54) is 5.56 Å². The lowest BCUT2D eigenvalue weighted by atomic mass is 9.84. The number of hydrogen-bond donors (Lipinski definition) is 5. The summed E-state index contributed by atoms with van der Waals surface area (Å²) in [6.07, 6.45) is 9.98. The van der Waals surface area contributed by atoms with Crippen LogP contribution in [0.3, 0.4) is 0 Å². The van der Waals surface area contributed by atoms with Gasteiger partial charge in [-0.25, -0.2) is 14.8 Å². The molecule has 72 heavy (non-hydrogen) atoms. The standard InChI is InChI=1S/C18H29N3O4.C13H21N3O2.C9H13BrN2.C7H9BrN2.C5H8O2/c1-17(2,3)25-16(22)20-15-10-13(12-21(4)5)14(11-19-15)18(23)6-8-24-9-7-18;1-16(2)9-10-7-12(14)15-8-11(10)13(17)3-5-18-6-4-13;1-7-4-8(6-12(2)3)9(10)5-11-7;1-5-2-6(3-9)7(8)4-10-5;6-5-1-3-7-4-2-5/h10-11,23H,6-9,12H2,1-5H3,(H,19,20,22);7-8,17H,3-6,9H2,1-2H3,(H2,14,15);4-5H,6H2,1-3H3;2,4H,3,9H2,1H3;1-4H2. The van der Waals surface area contributed by atoms with Crippen molar-refractivity contribution in [3.05, 3.63) is 103 Å². The first kappa shape index (κ1) is 62.2. The number of nitrogens with one attached hydrogen (secondary N) is 1. The summed E-state index contributed by atoms with van der Waals surface area (Å²) in [5.74, 6) is 1.24. The van der Waals surface area contributed by atoms with Gasteiger partial charge in [-0.2, -0.15) is 0 Å². The molecule has 1 amide bonds. The van der Waals surface area contributed by atoms with Gasteiger partial charge in [0.15, 0.2) is 0 Å². The third kappa shape index (κ3) is 22.6. The minimum absolute atomic E-state index is 0.339. The molecule has 0 saturated carbocycles. The van der Waals surface area contributed by atoms with Crippen molar-refractivity contribution in [1.29, 1.82) is 0 Å². The van der Waals surface area contributed by atoms with Crippen LogP contribution in [-0.4, -0.2) is 144 Å². The number of carbonyl (C=O) groups is 2. The normalized spacial score (nSPS) is 16.2. The predicted octanol–water partition coefficient (Wildman–Crippen LogP) is 7.40. The first-order chi connectivity index (χ1) is 33.8. The summed E-state index contributed by atoms with van der Waals surface area (Å²) in [6.45, 7) is 15.7. The van der Waals surface area contributed by atoms with Crippen LogP contribution in [0.15, 0.2) is 58.0 Å². The summed E-state index contributed by atoms with van der Waals surface area (Å²) in [6, 6.07) is 7.73. The van der Waals surface area contributed by atoms with Crippen molar-refractivity contribution < 1.29 is 38.7 Å². The van der Waals surface area contributed by atoms with E-state index in [1.54, 1.807) is 45.4 Å². The highest BCUT2D eigenvalue weighted by molar-refractivity contribution is 9.10. The molecule has 20 heteroatoms. The molecule has 3 aliphatic rings. The molecule has 18 nitrogen and oxygen atoms in total. The molecule has 0 aromatic carbocycles. The van der Waals surface area contributed by atoms with Gasteiger partial charge in [-0.1, -0.05) is 0 Å². The Morgan fingerprint density at radius 2 is 1.08 bits per heavy atom. The minimum atomic E-state index is -0.943. The molecule has 7 rings (SSSR count). The Balaban J connectivity index is 0.000000254. The van der Waals surface area contributed by atoms with E-state index < -0.39 is 22.9 Å². The number of nitrogen functional groups attached to an aromatic ring is 1. The van der Waals surface area contributed by atoms with Crippen LogP contribution >= 0.6 is 31.9 Å². The monoisotopic (exact) mass is 1130 g/mol. The molecule has 0 bridgehead atoms. The second-order valence-corrected chi connectivity index (χ2v) is 21.5. The second kappa shape index (κ2) is 30.3. The van der Waals surface area contributed by atoms with Gasteiger partial charge in [-0.3, -0.25) is 20.1 Å². The maximum absolute atomic E-state index is 12.0. The van der Waals surface area contributed by atoms with Gasteiger partial charge in [0.05, 0.1) is 24.4 Å². The van der Waals surface area contributed by atoms with Crippen LogP contribution in [0.1, 0.15) is 104 Å². The molecule has 3 aliphatic heterocycles. The van der Waals surface area contributed by atoms with Gasteiger partial charge >= 0.3 is 6.09 Å². The number of carbonyl (C=O) groups excluding carboxylic acids is 2. The molecule has 0 aliphatic carbocycles. The summed E-state index contributed by atoms with van der Waals surface area (Å²) < 4.78 is 22.9. The van der Waals surface area contributed by atoms with Crippen LogP contribution in [0.5, 0.6) is 0 Å². The maximum atomic E-state index is 12.0. The third-order valence-corrected chi connectivity index (χ3v) is 12.6. The number of hydrogen-bond acceptors (Lipinski definition) is 17. The van der Waals surface area contributed by atoms with E-state index in [2.05, 4.69) is 87.1 Å². The maximum Gasteiger partial charge on any atom is 0.413 e. The number of aromatic nitrogens is 4. The number of rotatable bonds is 10. The van der Waals surface area contributed by atoms with Gasteiger partial charge in [-0.05, 0) is 155 Å². The van der Waals surface area contributed by atoms with Gasteiger partial charge in [0.2, 0.25) is 0 Å². The van der Waals surface area contributed by atoms with E-state index in [1.807, 2.05) is 65.3 Å². The number of nitrogens with two attached hydrogens (primary N) is 2. The fraction of sp³-hybridized carbons (Fsp3) is 0.577. The summed E-state index contributed by atoms with van der Waals surface area (Å²) in [7, 11) is 12.0. The average Bonchev–Trinajstić information content (AvgIpc) is 3.29. The van der Waals surface area contributed by atoms with Crippen LogP contribution in [0.2, 0.25) is 0 Å². The van der Waals surface area contributed by atoms with Crippen LogP contribution in [-0.2, 0) is 61.1 Å². The summed E-state index contributed by atoms with van der Waals surface area (Å²) >= 11 is 6.82. The van der Waals surface area contributed by atoms with Crippen LogP contribution in [0.4, 0.5) is 16.4 Å². The highest BCUT2D eigenvalue weighted by atomic mass is 79.9. The zero-order chi connectivity index (χ0) is 53.6. The van der Waals surface area contributed by atoms with E-state index in [0.29, 0.717) is 109 Å². The first-order valence-corrected chi connectivity index (χ1v) is 25.7. The van der Waals surface area contributed by atoms with E-state index in [0.717, 1.165) is 61.2 Å². The summed E-state index contributed by atoms with van der Waals surface area (Å²) in [5, 5.41) is 24.4. The van der Waals surface area contributed by atoms with E-state index in [9.17, 15) is 19.8 Å². The number of ketones is 1. The number of Topliss-reactive ketones (excluding diaryl/α,β-unsaturated/α-hetero) is 1. The molecule has 0 spiro atoms. The largest absolute Gasteiger partial charge is 0.444 e. The molecule has 0 radical (unpaired) electrons. The zero-order valence-corrected chi connectivity index (χ0v) is 47.5. The zero-order valence-electron chi connectivity index (χ0n) is 44.3. The van der Waals surface area contributed by atoms with Gasteiger partial charge in [0.25, 0.3) is 0 Å². The van der Waals surface area contributed by atoms with E-state index >= 15 is 0 Å². The molecule has 3 fully saturated rings. The molecule has 0 unspecified atom stereocenters. The summed E-state index contributed by atoms with van der Waals surface area (Å²) in [5.41, 5.74) is 16.9. The number of aryl methyl sites for hydroxylation is 2. The lowest BCUT2D eigenvalue weighted by Crippen LogP contribution is -2.35. The van der Waals surface area contributed by atoms with Crippen LogP contribution in [0.25, 0.3) is 0 Å². The number of aliphatic hydroxyl groups is 2. The topological polar surface area (TPSA) is 237 Å². The van der Waals surface area contributed by atoms with Crippen molar-refractivity contribution >= 4 is 55.4 Å². The molecular weight excluding hydrogens is 1050 g/mol. The van der Waals surface area contributed by atoms with E-state index in [-0.39, 0.29) is 0 Å². The van der Waals surface area contributed by atoms with Crippen molar-refractivity contribution in [3.63, 3.8) is 0 Å². The average molecular weight is 1130 g/mol. The van der Waals surface area contributed by atoms with Gasteiger partial charge in [0, 0.05) is 147 Å². The van der Waals surface area contributed by atoms with Crippen molar-refractivity contribution in [3.8, 4) is 0 Å². The Bertz CT molecular complexity index is 2300. The predicted molar refractivity (Wildman–Crippen MR) is 289 cm³/mol. The Hall–Kier alpha value is -4.06. The first-order valence-electron chi connectivity index (χ1n) is 24.1. The fourth-order valence-corrected chi connectivity index (χ4v) is 8.36. The quantitative estimate of drug-likeness (QED) is 0.104.